The number of hydrogen-bond acceptors (Lipinski definition) is 6. The van der Waals surface area contributed by atoms with E-state index in [0.717, 1.165) is 32.7 Å². The third-order valence-corrected chi connectivity index (χ3v) is 3.69. The minimum absolute atomic E-state index is 0.0967. The van der Waals surface area contributed by atoms with E-state index in [2.05, 4.69) is 29.1 Å². The number of likely N-dealkylation sites (N-methyl/N-ethyl adjacent to an activating group) is 1. The number of nitrogens with one attached hydrogen (secondary N) is 1. The highest BCUT2D eigenvalue weighted by Crippen LogP contribution is 2.31. The van der Waals surface area contributed by atoms with Crippen molar-refractivity contribution in [3.05, 3.63) is 17.7 Å². The summed E-state index contributed by atoms with van der Waals surface area (Å²) in [7, 11) is 3.10. The molecule has 6 nitrogen and oxygen atoms in total. The first-order valence-electron chi connectivity index (χ1n) is 8.04. The zero-order valence-electron chi connectivity index (χ0n) is 14.6. The van der Waals surface area contributed by atoms with Crippen molar-refractivity contribution in [2.45, 2.75) is 13.8 Å². The molecule has 0 unspecified atom stereocenters. The number of benzene rings is 1. The lowest BCUT2D eigenvalue weighted by molar-refractivity contribution is 0.303. The average molecular weight is 323 g/mol. The zero-order valence-corrected chi connectivity index (χ0v) is 14.6. The quantitative estimate of drug-likeness (QED) is 0.480. The molecule has 0 aliphatic carbocycles. The molecule has 0 aliphatic rings. The summed E-state index contributed by atoms with van der Waals surface area (Å²) in [4.78, 5) is 6.71. The van der Waals surface area contributed by atoms with Gasteiger partial charge in [-0.05, 0) is 13.1 Å². The lowest BCUT2D eigenvalue weighted by Crippen LogP contribution is -2.32. The van der Waals surface area contributed by atoms with Crippen LogP contribution in [0.25, 0.3) is 0 Å². The van der Waals surface area contributed by atoms with Gasteiger partial charge < -0.3 is 24.8 Å². The van der Waals surface area contributed by atoms with E-state index in [4.69, 9.17) is 9.47 Å². The highest BCUT2D eigenvalue weighted by molar-refractivity contribution is 5.87. The molecule has 0 aliphatic heterocycles. The normalized spacial score (nSPS) is 11.3. The van der Waals surface area contributed by atoms with Crippen molar-refractivity contribution < 1.29 is 14.6 Å². The smallest absolute Gasteiger partial charge is 0.135 e. The van der Waals surface area contributed by atoms with Crippen LogP contribution in [0, 0.1) is 0 Å². The predicted octanol–water partition coefficient (Wildman–Crippen LogP) is 1.76. The number of aromatic hydroxyl groups is 1. The lowest BCUT2D eigenvalue weighted by atomic mass is 10.2. The van der Waals surface area contributed by atoms with E-state index < -0.39 is 0 Å². The van der Waals surface area contributed by atoms with Crippen molar-refractivity contribution in [3.63, 3.8) is 0 Å². The van der Waals surface area contributed by atoms with Crippen LogP contribution < -0.4 is 14.8 Å². The second-order valence-electron chi connectivity index (χ2n) is 5.07. The number of ether oxygens (including phenoxy) is 2. The minimum atomic E-state index is 0.0967. The van der Waals surface area contributed by atoms with Gasteiger partial charge in [-0.25, -0.2) is 0 Å². The molecule has 0 saturated carbocycles. The summed E-state index contributed by atoms with van der Waals surface area (Å²) in [6.45, 7) is 9.94. The fraction of sp³-hybridized carbons (Fsp3) is 0.588. The van der Waals surface area contributed by atoms with Crippen molar-refractivity contribution in [1.82, 2.24) is 10.2 Å². The van der Waals surface area contributed by atoms with E-state index in [1.54, 1.807) is 32.6 Å². The van der Waals surface area contributed by atoms with Gasteiger partial charge >= 0.3 is 0 Å². The van der Waals surface area contributed by atoms with Gasteiger partial charge in [0.15, 0.2) is 0 Å². The first-order valence-corrected chi connectivity index (χ1v) is 8.04. The molecule has 1 rings (SSSR count). The number of aliphatic imine (C=N–C) groups is 1. The number of methoxy groups -OCH3 is 2. The van der Waals surface area contributed by atoms with Gasteiger partial charge in [0, 0.05) is 38.0 Å². The van der Waals surface area contributed by atoms with Gasteiger partial charge in [0.05, 0.1) is 26.3 Å². The van der Waals surface area contributed by atoms with Crippen LogP contribution in [0.3, 0.4) is 0 Å². The van der Waals surface area contributed by atoms with Gasteiger partial charge in [0.2, 0.25) is 0 Å². The number of rotatable bonds is 11. The maximum absolute atomic E-state index is 10.0. The van der Waals surface area contributed by atoms with Crippen LogP contribution >= 0.6 is 0 Å². The molecule has 1 aromatic rings. The zero-order chi connectivity index (χ0) is 17.1. The van der Waals surface area contributed by atoms with Gasteiger partial charge in [-0.3, -0.25) is 4.99 Å². The highest BCUT2D eigenvalue weighted by Gasteiger charge is 2.09. The average Bonchev–Trinajstić information content (AvgIpc) is 2.58. The maximum Gasteiger partial charge on any atom is 0.135 e. The summed E-state index contributed by atoms with van der Waals surface area (Å²) in [5.74, 6) is 1.19. The molecule has 23 heavy (non-hydrogen) atoms. The summed E-state index contributed by atoms with van der Waals surface area (Å²) in [6, 6.07) is 3.27. The number of nitrogens with zero attached hydrogens (tertiary/aromatic N) is 2. The minimum Gasteiger partial charge on any atom is -0.507 e. The molecule has 6 heteroatoms. The van der Waals surface area contributed by atoms with E-state index in [-0.39, 0.29) is 5.75 Å². The standard InChI is InChI=1S/C17H29N3O3/c1-5-20(6-2)10-9-18-7-8-19-13-15-16(21)11-14(22-3)12-17(15)23-4/h11-13,18,21H,5-10H2,1-4H3. The molecule has 0 aromatic heterocycles. The largest absolute Gasteiger partial charge is 0.507 e. The van der Waals surface area contributed by atoms with Crippen LogP contribution in [0.4, 0.5) is 0 Å². The van der Waals surface area contributed by atoms with Crippen molar-refractivity contribution in [2.24, 2.45) is 4.99 Å². The number of hydrogen-bond donors (Lipinski definition) is 2. The van der Waals surface area contributed by atoms with Gasteiger partial charge in [-0.2, -0.15) is 0 Å². The van der Waals surface area contributed by atoms with Gasteiger partial charge in [0.25, 0.3) is 0 Å². The first-order chi connectivity index (χ1) is 11.2. The molecule has 0 heterocycles. The maximum atomic E-state index is 10.0. The Morgan fingerprint density at radius 3 is 2.52 bits per heavy atom. The van der Waals surface area contributed by atoms with Crippen LogP contribution in [-0.2, 0) is 0 Å². The summed E-state index contributed by atoms with van der Waals surface area (Å²) in [6.07, 6.45) is 1.64. The second-order valence-corrected chi connectivity index (χ2v) is 5.07. The third-order valence-electron chi connectivity index (χ3n) is 3.69. The van der Waals surface area contributed by atoms with Crippen LogP contribution in [0.1, 0.15) is 19.4 Å². The highest BCUT2D eigenvalue weighted by atomic mass is 16.5. The lowest BCUT2D eigenvalue weighted by Gasteiger charge is -2.17. The van der Waals surface area contributed by atoms with Gasteiger partial charge in [-0.1, -0.05) is 13.8 Å². The third kappa shape index (κ3) is 6.46. The summed E-state index contributed by atoms with van der Waals surface area (Å²) in [5.41, 5.74) is 0.566. The molecular weight excluding hydrogens is 294 g/mol. The Labute approximate surface area is 139 Å². The van der Waals surface area contributed by atoms with Gasteiger partial charge in [-0.15, -0.1) is 0 Å². The predicted molar refractivity (Wildman–Crippen MR) is 94.3 cm³/mol. The number of phenols is 1. The molecule has 0 amide bonds. The summed E-state index contributed by atoms with van der Waals surface area (Å²) >= 11 is 0. The Morgan fingerprint density at radius 2 is 1.91 bits per heavy atom. The molecule has 130 valence electrons. The SMILES string of the molecule is CCN(CC)CCNCCN=Cc1c(O)cc(OC)cc1OC. The van der Waals surface area contributed by atoms with Crippen molar-refractivity contribution in [1.29, 1.82) is 0 Å². The van der Waals surface area contributed by atoms with E-state index in [1.165, 1.54) is 0 Å². The molecule has 0 fully saturated rings. The first kappa shape index (κ1) is 19.3. The Morgan fingerprint density at radius 1 is 1.17 bits per heavy atom. The van der Waals surface area contributed by atoms with Crippen molar-refractivity contribution in [2.75, 3.05) is 53.5 Å². The van der Waals surface area contributed by atoms with Crippen LogP contribution in [-0.4, -0.2) is 69.7 Å². The van der Waals surface area contributed by atoms with Crippen LogP contribution in [0.5, 0.6) is 17.2 Å². The van der Waals surface area contributed by atoms with Gasteiger partial charge in [0.1, 0.15) is 17.2 Å². The summed E-state index contributed by atoms with van der Waals surface area (Å²) < 4.78 is 10.4. The molecule has 0 saturated heterocycles. The van der Waals surface area contributed by atoms with E-state index >= 15 is 0 Å². The number of phenolic OH excluding ortho intramolecular Hbond substituents is 1. The topological polar surface area (TPSA) is 66.3 Å². The molecule has 2 N–H and O–H groups in total. The van der Waals surface area contributed by atoms with E-state index in [0.29, 0.717) is 23.6 Å². The Hall–Kier alpha value is -1.79. The molecule has 0 bridgehead atoms. The molecule has 0 atom stereocenters. The van der Waals surface area contributed by atoms with E-state index in [9.17, 15) is 5.11 Å². The fourth-order valence-corrected chi connectivity index (χ4v) is 2.21. The molecule has 0 spiro atoms. The Balaban J connectivity index is 2.43. The fourth-order valence-electron chi connectivity index (χ4n) is 2.21. The van der Waals surface area contributed by atoms with E-state index in [1.807, 2.05) is 0 Å². The van der Waals surface area contributed by atoms with Crippen LogP contribution in [0.15, 0.2) is 17.1 Å². The Kier molecular flexibility index (Phi) is 9.09. The van der Waals surface area contributed by atoms with Crippen molar-refractivity contribution in [3.8, 4) is 17.2 Å². The van der Waals surface area contributed by atoms with Crippen molar-refractivity contribution >= 4 is 6.21 Å². The molecule has 0 radical (unpaired) electrons. The monoisotopic (exact) mass is 323 g/mol. The molecule has 1 aromatic carbocycles. The molecular formula is C17H29N3O3. The Bertz CT molecular complexity index is 488. The second kappa shape index (κ2) is 10.9. The van der Waals surface area contributed by atoms with Crippen LogP contribution in [0.2, 0.25) is 0 Å². The summed E-state index contributed by atoms with van der Waals surface area (Å²) in [5, 5.41) is 13.4.